The minimum Gasteiger partial charge on any atom is -0.462 e. The lowest BCUT2D eigenvalue weighted by Gasteiger charge is -2.04. The standard InChI is InChI=1S/C21H17N3O3S/c1-2-27-21(26)18-12-22-19-17(13-23-24(19)20(18)25)14-8-10-16(11-9-14)28-15-6-4-3-5-7-15/h3-13,23H,2H2,1H3. The Morgan fingerprint density at radius 1 is 1.11 bits per heavy atom. The number of fused-ring (bicyclic) bond motifs is 1. The summed E-state index contributed by atoms with van der Waals surface area (Å²) in [6.07, 6.45) is 2.98. The molecule has 0 spiro atoms. The van der Waals surface area contributed by atoms with Gasteiger partial charge in [0.05, 0.1) is 6.61 Å². The third kappa shape index (κ3) is 3.44. The van der Waals surface area contributed by atoms with E-state index in [-0.39, 0.29) is 12.2 Å². The highest BCUT2D eigenvalue weighted by Gasteiger charge is 2.17. The maximum absolute atomic E-state index is 12.5. The number of benzene rings is 2. The molecular formula is C21H17N3O3S. The lowest BCUT2D eigenvalue weighted by molar-refractivity contribution is 0.0523. The lowest BCUT2D eigenvalue weighted by Crippen LogP contribution is -2.24. The zero-order valence-electron chi connectivity index (χ0n) is 15.1. The minimum absolute atomic E-state index is 0.0950. The Labute approximate surface area is 165 Å². The van der Waals surface area contributed by atoms with Crippen molar-refractivity contribution in [2.45, 2.75) is 16.7 Å². The summed E-state index contributed by atoms with van der Waals surface area (Å²) in [6, 6.07) is 18.2. The van der Waals surface area contributed by atoms with E-state index in [2.05, 4.69) is 22.2 Å². The molecule has 0 amide bonds. The molecule has 6 nitrogen and oxygen atoms in total. The van der Waals surface area contributed by atoms with E-state index in [9.17, 15) is 9.59 Å². The molecule has 0 radical (unpaired) electrons. The van der Waals surface area contributed by atoms with E-state index in [1.165, 1.54) is 15.6 Å². The molecule has 2 heterocycles. The number of aromatic amines is 1. The number of esters is 1. The van der Waals surface area contributed by atoms with E-state index < -0.39 is 11.5 Å². The SMILES string of the molecule is CCOC(=O)c1cnc2c(-c3ccc(Sc4ccccc4)cc3)c[nH]n2c1=O. The van der Waals surface area contributed by atoms with Crippen LogP contribution in [0.2, 0.25) is 0 Å². The van der Waals surface area contributed by atoms with Crippen molar-refractivity contribution in [2.24, 2.45) is 0 Å². The second-order valence-corrected chi connectivity index (χ2v) is 7.13. The van der Waals surface area contributed by atoms with Gasteiger partial charge in [0.1, 0.15) is 5.56 Å². The van der Waals surface area contributed by atoms with Gasteiger partial charge in [0.25, 0.3) is 5.56 Å². The first-order valence-electron chi connectivity index (χ1n) is 8.77. The Bertz CT molecular complexity index is 1180. The average Bonchev–Trinajstić information content (AvgIpc) is 3.15. The number of carbonyl (C=O) groups excluding carboxylic acids is 1. The van der Waals surface area contributed by atoms with Gasteiger partial charge in [-0.25, -0.2) is 14.3 Å². The first kappa shape index (κ1) is 18.1. The zero-order valence-corrected chi connectivity index (χ0v) is 15.9. The fourth-order valence-corrected chi connectivity index (χ4v) is 3.68. The van der Waals surface area contributed by atoms with E-state index in [4.69, 9.17) is 4.74 Å². The van der Waals surface area contributed by atoms with Crippen molar-refractivity contribution >= 4 is 23.4 Å². The molecule has 0 saturated carbocycles. The fraction of sp³-hybridized carbons (Fsp3) is 0.0952. The van der Waals surface area contributed by atoms with Crippen LogP contribution in [0.5, 0.6) is 0 Å². The number of aromatic nitrogens is 3. The Kier molecular flexibility index (Phi) is 4.99. The normalized spacial score (nSPS) is 10.9. The highest BCUT2D eigenvalue weighted by molar-refractivity contribution is 7.99. The van der Waals surface area contributed by atoms with Crippen molar-refractivity contribution in [3.05, 3.63) is 82.9 Å². The fourth-order valence-electron chi connectivity index (χ4n) is 2.85. The summed E-state index contributed by atoms with van der Waals surface area (Å²) >= 11 is 1.68. The molecule has 1 N–H and O–H groups in total. The van der Waals surface area contributed by atoms with Gasteiger partial charge in [0, 0.05) is 27.7 Å². The van der Waals surface area contributed by atoms with E-state index in [0.29, 0.717) is 5.65 Å². The van der Waals surface area contributed by atoms with Crippen LogP contribution in [0.25, 0.3) is 16.8 Å². The van der Waals surface area contributed by atoms with Crippen LogP contribution in [0.1, 0.15) is 17.3 Å². The van der Waals surface area contributed by atoms with Crippen LogP contribution in [0, 0.1) is 0 Å². The summed E-state index contributed by atoms with van der Waals surface area (Å²) in [7, 11) is 0. The van der Waals surface area contributed by atoms with Gasteiger partial charge >= 0.3 is 5.97 Å². The Hall–Kier alpha value is -3.32. The molecule has 0 fully saturated rings. The van der Waals surface area contributed by atoms with Crippen molar-refractivity contribution < 1.29 is 9.53 Å². The number of hydrogen-bond donors (Lipinski definition) is 1. The van der Waals surface area contributed by atoms with Crippen LogP contribution in [0.4, 0.5) is 0 Å². The molecule has 4 rings (SSSR count). The van der Waals surface area contributed by atoms with Gasteiger partial charge in [-0.1, -0.05) is 42.1 Å². The number of ether oxygens (including phenoxy) is 1. The van der Waals surface area contributed by atoms with Crippen LogP contribution >= 0.6 is 11.8 Å². The summed E-state index contributed by atoms with van der Waals surface area (Å²) in [5.74, 6) is -0.673. The number of nitrogens with zero attached hydrogens (tertiary/aromatic N) is 2. The summed E-state index contributed by atoms with van der Waals surface area (Å²) in [5, 5.41) is 2.88. The molecule has 0 aliphatic carbocycles. The van der Waals surface area contributed by atoms with Crippen molar-refractivity contribution in [2.75, 3.05) is 6.61 Å². The number of carbonyl (C=O) groups is 1. The number of H-pyrrole nitrogens is 1. The molecule has 7 heteroatoms. The third-order valence-electron chi connectivity index (χ3n) is 4.18. The van der Waals surface area contributed by atoms with Gasteiger partial charge in [0.15, 0.2) is 5.65 Å². The highest BCUT2D eigenvalue weighted by atomic mass is 32.2. The van der Waals surface area contributed by atoms with Gasteiger partial charge in [0.2, 0.25) is 0 Å². The molecule has 0 aliphatic rings. The molecule has 28 heavy (non-hydrogen) atoms. The van der Waals surface area contributed by atoms with Gasteiger partial charge in [-0.3, -0.25) is 9.89 Å². The quantitative estimate of drug-likeness (QED) is 0.520. The topological polar surface area (TPSA) is 76.5 Å². The summed E-state index contributed by atoms with van der Waals surface area (Å²) in [6.45, 7) is 1.89. The molecule has 0 aliphatic heterocycles. The van der Waals surface area contributed by atoms with E-state index in [1.54, 1.807) is 24.9 Å². The number of rotatable bonds is 5. The van der Waals surface area contributed by atoms with Gasteiger partial charge in [-0.15, -0.1) is 0 Å². The largest absolute Gasteiger partial charge is 0.462 e. The minimum atomic E-state index is -0.673. The van der Waals surface area contributed by atoms with Crippen LogP contribution in [0.15, 0.2) is 81.6 Å². The molecule has 0 saturated heterocycles. The molecule has 0 atom stereocenters. The Morgan fingerprint density at radius 3 is 2.54 bits per heavy atom. The first-order valence-corrected chi connectivity index (χ1v) is 9.58. The predicted molar refractivity (Wildman–Crippen MR) is 108 cm³/mol. The Morgan fingerprint density at radius 2 is 1.82 bits per heavy atom. The first-order chi connectivity index (χ1) is 13.7. The molecule has 0 unspecified atom stereocenters. The van der Waals surface area contributed by atoms with Crippen molar-refractivity contribution in [1.82, 2.24) is 14.6 Å². The molecule has 2 aromatic carbocycles. The van der Waals surface area contributed by atoms with Crippen LogP contribution < -0.4 is 5.56 Å². The summed E-state index contributed by atoms with van der Waals surface area (Å²) in [5.41, 5.74) is 1.59. The van der Waals surface area contributed by atoms with Gasteiger partial charge in [-0.2, -0.15) is 0 Å². The third-order valence-corrected chi connectivity index (χ3v) is 5.20. The van der Waals surface area contributed by atoms with Crippen LogP contribution in [-0.2, 0) is 4.74 Å². The Balaban J connectivity index is 1.65. The lowest BCUT2D eigenvalue weighted by atomic mass is 10.1. The summed E-state index contributed by atoms with van der Waals surface area (Å²) < 4.78 is 6.16. The molecule has 2 aromatic heterocycles. The summed E-state index contributed by atoms with van der Waals surface area (Å²) in [4.78, 5) is 31.0. The molecule has 0 bridgehead atoms. The van der Waals surface area contributed by atoms with E-state index in [0.717, 1.165) is 16.0 Å². The number of hydrogen-bond acceptors (Lipinski definition) is 5. The zero-order chi connectivity index (χ0) is 19.5. The smallest absolute Gasteiger partial charge is 0.345 e. The van der Waals surface area contributed by atoms with Crippen LogP contribution in [0.3, 0.4) is 0 Å². The number of nitrogens with one attached hydrogen (secondary N) is 1. The van der Waals surface area contributed by atoms with Gasteiger partial charge < -0.3 is 4.74 Å². The monoisotopic (exact) mass is 391 g/mol. The maximum Gasteiger partial charge on any atom is 0.345 e. The second-order valence-electron chi connectivity index (χ2n) is 5.98. The van der Waals surface area contributed by atoms with E-state index in [1.807, 2.05) is 42.5 Å². The van der Waals surface area contributed by atoms with Gasteiger partial charge in [-0.05, 0) is 36.8 Å². The average molecular weight is 391 g/mol. The molecule has 4 aromatic rings. The van der Waals surface area contributed by atoms with Crippen molar-refractivity contribution in [3.63, 3.8) is 0 Å². The van der Waals surface area contributed by atoms with Crippen molar-refractivity contribution in [3.8, 4) is 11.1 Å². The van der Waals surface area contributed by atoms with Crippen LogP contribution in [-0.4, -0.2) is 27.2 Å². The maximum atomic E-state index is 12.5. The predicted octanol–water partition coefficient (Wildman–Crippen LogP) is 4.02. The van der Waals surface area contributed by atoms with E-state index >= 15 is 0 Å². The second kappa shape index (κ2) is 7.74. The molecule has 140 valence electrons. The van der Waals surface area contributed by atoms with Crippen molar-refractivity contribution in [1.29, 1.82) is 0 Å². The molecular weight excluding hydrogens is 374 g/mol. The highest BCUT2D eigenvalue weighted by Crippen LogP contribution is 2.30.